The number of piperidine rings is 1. The van der Waals surface area contributed by atoms with Crippen LogP contribution >= 0.6 is 0 Å². The maximum Gasteiger partial charge on any atom is 0.202 e. The van der Waals surface area contributed by atoms with E-state index in [4.69, 9.17) is 21.2 Å². The highest BCUT2D eigenvalue weighted by atomic mass is 16.5. The number of nitrogens with one attached hydrogen (secondary N) is 6. The van der Waals surface area contributed by atoms with Gasteiger partial charge < -0.3 is 63.4 Å². The quantitative estimate of drug-likeness (QED) is 0.0435. The lowest BCUT2D eigenvalue weighted by Gasteiger charge is -2.56. The number of aliphatic hydroxyl groups is 2. The zero-order chi connectivity index (χ0) is 65.4. The lowest BCUT2D eigenvalue weighted by Crippen LogP contribution is -2.57. The number of ether oxygens (including phenoxy) is 1. The molecule has 15 heteroatoms. The minimum Gasteiger partial charge on any atom is -0.504 e. The van der Waals surface area contributed by atoms with E-state index in [2.05, 4.69) is 123 Å². The maximum atomic E-state index is 14.9. The van der Waals surface area contributed by atoms with Gasteiger partial charge >= 0.3 is 0 Å². The summed E-state index contributed by atoms with van der Waals surface area (Å²) in [6.07, 6.45) is 30.3. The predicted octanol–water partition coefficient (Wildman–Crippen LogP) is 9.02. The number of aryl methyl sites for hydroxylation is 2. The number of Topliss-reactive ketones (excluding diaryl/α,β-unsaturated/α-hetero) is 1. The van der Waals surface area contributed by atoms with Gasteiger partial charge in [-0.05, 0) is 268 Å². The number of benzene rings is 3. The molecule has 8 aliphatic heterocycles. The Labute approximate surface area is 563 Å². The first-order chi connectivity index (χ1) is 46.2. The Balaban J connectivity index is 0.854. The summed E-state index contributed by atoms with van der Waals surface area (Å²) >= 11 is 0. The predicted molar refractivity (Wildman–Crippen MR) is 375 cm³/mol. The molecular formula is C80H105N9O6. The zero-order valence-corrected chi connectivity index (χ0v) is 56.2. The van der Waals surface area contributed by atoms with E-state index in [1.807, 2.05) is 13.1 Å². The lowest BCUT2D eigenvalue weighted by molar-refractivity contribution is -0.126. The van der Waals surface area contributed by atoms with Crippen LogP contribution in [0.5, 0.6) is 11.5 Å². The Morgan fingerprint density at radius 1 is 0.916 bits per heavy atom. The van der Waals surface area contributed by atoms with Crippen LogP contribution in [0.3, 0.4) is 0 Å². The number of aliphatic imine (C=N–C) groups is 1. The third-order valence-corrected chi connectivity index (χ3v) is 25.5. The van der Waals surface area contributed by atoms with Gasteiger partial charge in [-0.2, -0.15) is 4.99 Å². The molecule has 14 aliphatic rings. The number of aromatic hydroxyl groups is 1. The standard InChI is InChI=1S/C80H105N9O6/c1-48(91)70-34-56-32-62-36-68-60(46-86-61-17-6-7-18-61)41-80(76(56)68)73-22-21-52(40-79(73,43-74(80)89-70)42-69-65-23-26-83-44-57(65)30-54-16-10-24-84-77(54)69)29-63(92)37-64(93)33-59(47-90)66-38-72(95-2)71(94)35-55(66)31-58-45-87-75(81)39-67(58)53(15-9-25-85-78(82)88-62)28-51-14-8-13-50(27-51)20-19-49-11-4-3-5-12-49/h3-5,8,10-14,16,27,33-35,38-39,45,48,52-54,57,60-62,65,68-70,73-77,83-84,86-87,89-91,94H,6-7,15,17-24,26,28-32,36-37,40-44,46-47,81H2,1-2H3,(H3,82,85,88). The van der Waals surface area contributed by atoms with E-state index >= 15 is 0 Å². The largest absolute Gasteiger partial charge is 0.504 e. The van der Waals surface area contributed by atoms with Crippen molar-refractivity contribution in [2.75, 3.05) is 39.9 Å². The van der Waals surface area contributed by atoms with E-state index in [1.54, 1.807) is 12.1 Å². The van der Waals surface area contributed by atoms with E-state index in [1.165, 1.54) is 68.4 Å². The van der Waals surface area contributed by atoms with Crippen molar-refractivity contribution in [3.8, 4) is 23.5 Å². The molecule has 6 aliphatic carbocycles. The van der Waals surface area contributed by atoms with E-state index < -0.39 is 18.9 Å². The molecule has 95 heavy (non-hydrogen) atoms. The van der Waals surface area contributed by atoms with Crippen LogP contribution in [0, 0.1) is 82.0 Å². The number of hydrogen-bond donors (Lipinski definition) is 11. The Morgan fingerprint density at radius 2 is 1.75 bits per heavy atom. The summed E-state index contributed by atoms with van der Waals surface area (Å²) in [7, 11) is 1.49. The van der Waals surface area contributed by atoms with Crippen LogP contribution in [0.1, 0.15) is 144 Å². The summed E-state index contributed by atoms with van der Waals surface area (Å²) in [5.41, 5.74) is 22.3. The van der Waals surface area contributed by atoms with Gasteiger partial charge in [-0.15, -0.1) is 0 Å². The molecule has 8 bridgehead atoms. The molecule has 0 radical (unpaired) electrons. The SMILES string of the molecule is COc1cc2c(cc1O)CC1=CNC(N)C=C1C(Cc1cccc(CCc3ccccc3)c1)CC#CN=C(N)NC1CC3=CC(C(C)O)NC4CC5(CC6C7CCNCC7CC7C=CCNC76)CC(CCC5C45CC(CNC4CCCC4)C(C1)C35)CC(=O)CC(=O)C=C2CO. The molecule has 1 spiro atoms. The van der Waals surface area contributed by atoms with Crippen LogP contribution in [0.2, 0.25) is 0 Å². The number of nitrogens with two attached hydrogens (primary N) is 2. The molecule has 17 rings (SSSR count). The number of allylic oxidation sites excluding steroid dienone is 3. The number of fused-ring (bicyclic) bond motifs is 2. The van der Waals surface area contributed by atoms with Gasteiger partial charge in [-0.25, -0.2) is 0 Å². The second kappa shape index (κ2) is 28.6. The number of phenols is 1. The smallest absolute Gasteiger partial charge is 0.202 e. The third-order valence-electron chi connectivity index (χ3n) is 25.5. The molecule has 3 aromatic rings. The first-order valence-corrected chi connectivity index (χ1v) is 36.6. The Morgan fingerprint density at radius 3 is 2.58 bits per heavy atom. The molecule has 3 aromatic carbocycles. The molecule has 506 valence electrons. The first kappa shape index (κ1) is 65.9. The van der Waals surface area contributed by atoms with Crippen LogP contribution < -0.4 is 48.1 Å². The van der Waals surface area contributed by atoms with Crippen molar-refractivity contribution < 1.29 is 29.6 Å². The van der Waals surface area contributed by atoms with E-state index in [-0.39, 0.29) is 70.3 Å². The molecule has 8 heterocycles. The van der Waals surface area contributed by atoms with Gasteiger partial charge in [0.15, 0.2) is 17.3 Å². The van der Waals surface area contributed by atoms with Crippen molar-refractivity contribution in [1.29, 1.82) is 0 Å². The highest BCUT2D eigenvalue weighted by molar-refractivity contribution is 6.08. The molecule has 6 saturated carbocycles. The number of aliphatic hydroxyl groups excluding tert-OH is 2. The van der Waals surface area contributed by atoms with Crippen LogP contribution in [-0.2, 0) is 35.3 Å². The summed E-state index contributed by atoms with van der Waals surface area (Å²) in [5.74, 6) is 7.15. The molecule has 15 nitrogen and oxygen atoms in total. The minimum absolute atomic E-state index is 0.0159. The first-order valence-electron chi connectivity index (χ1n) is 36.6. The van der Waals surface area contributed by atoms with Crippen LogP contribution in [-0.4, -0.2) is 115 Å². The zero-order valence-electron chi connectivity index (χ0n) is 56.2. The van der Waals surface area contributed by atoms with Crippen molar-refractivity contribution in [2.45, 2.75) is 184 Å². The number of dihydropyridines is 1. The summed E-state index contributed by atoms with van der Waals surface area (Å²) in [6, 6.07) is 26.8. The summed E-state index contributed by atoms with van der Waals surface area (Å²) in [5, 5.41) is 58.4. The molecule has 13 N–H and O–H groups in total. The average molecular weight is 1290 g/mol. The number of guanidine groups is 1. The third kappa shape index (κ3) is 13.8. The van der Waals surface area contributed by atoms with Gasteiger partial charge in [0, 0.05) is 55.8 Å². The Bertz CT molecular complexity index is 3560. The number of methoxy groups -OCH3 is 1. The molecule has 0 amide bonds. The monoisotopic (exact) mass is 1290 g/mol. The normalized spacial score (nSPS) is 35.8. The van der Waals surface area contributed by atoms with Crippen LogP contribution in [0.4, 0.5) is 0 Å². The molecular weight excluding hydrogens is 1180 g/mol. The Hall–Kier alpha value is -6.35. The number of carbonyl (C=O) groups excluding carboxylic acids is 2. The number of hydrogen-bond acceptors (Lipinski definition) is 15. The van der Waals surface area contributed by atoms with Crippen molar-refractivity contribution >= 4 is 23.1 Å². The topological polar surface area (TPSA) is 241 Å². The number of nitrogens with zero attached hydrogens (tertiary/aromatic N) is 1. The second-order valence-corrected chi connectivity index (χ2v) is 31.2. The summed E-state index contributed by atoms with van der Waals surface area (Å²) in [6.45, 7) is 5.48. The van der Waals surface area contributed by atoms with Gasteiger partial charge in [0.25, 0.3) is 0 Å². The molecule has 18 unspecified atom stereocenters. The lowest BCUT2D eigenvalue weighted by atomic mass is 9.50. The van der Waals surface area contributed by atoms with Gasteiger partial charge in [-0.1, -0.05) is 97.2 Å². The summed E-state index contributed by atoms with van der Waals surface area (Å²) < 4.78 is 5.70. The van der Waals surface area contributed by atoms with Gasteiger partial charge in [0.2, 0.25) is 5.96 Å². The minimum atomic E-state index is -0.607. The van der Waals surface area contributed by atoms with Crippen LogP contribution in [0.15, 0.2) is 125 Å². The number of rotatable bonds is 13. The number of carbonyl (C=O) groups is 2. The van der Waals surface area contributed by atoms with Gasteiger partial charge in [0.05, 0.1) is 38.4 Å². The highest BCUT2D eigenvalue weighted by Gasteiger charge is 2.72. The Kier molecular flexibility index (Phi) is 19.9. The molecule has 18 atom stereocenters. The maximum absolute atomic E-state index is 14.9. The summed E-state index contributed by atoms with van der Waals surface area (Å²) in [4.78, 5) is 34.4. The molecule has 7 fully saturated rings. The molecule has 1 saturated heterocycles. The number of ketones is 2. The van der Waals surface area contributed by atoms with Crippen molar-refractivity contribution in [3.63, 3.8) is 0 Å². The number of phenolic OH excluding ortho intramolecular Hbond substituents is 1. The molecule has 0 aromatic heterocycles. The second-order valence-electron chi connectivity index (χ2n) is 31.2. The van der Waals surface area contributed by atoms with Crippen LogP contribution in [0.25, 0.3) is 5.57 Å². The van der Waals surface area contributed by atoms with E-state index in [0.717, 1.165) is 107 Å². The fraction of sp³-hybridized carbons (Fsp3) is 0.588. The van der Waals surface area contributed by atoms with Gasteiger partial charge in [0.1, 0.15) is 5.78 Å². The van der Waals surface area contributed by atoms with Crippen molar-refractivity contribution in [1.82, 2.24) is 31.9 Å². The fourth-order valence-electron chi connectivity index (χ4n) is 21.9. The fourth-order valence-corrected chi connectivity index (χ4v) is 21.9. The van der Waals surface area contributed by atoms with Gasteiger partial charge in [-0.3, -0.25) is 9.59 Å². The van der Waals surface area contributed by atoms with E-state index in [0.29, 0.717) is 108 Å². The van der Waals surface area contributed by atoms with Crippen molar-refractivity contribution in [3.05, 3.63) is 148 Å². The average Bonchev–Trinajstić information content (AvgIpc) is 1.51. The highest BCUT2D eigenvalue weighted by Crippen LogP contribution is 2.75. The van der Waals surface area contributed by atoms with Crippen molar-refractivity contribution in [2.24, 2.45) is 86.5 Å². The van der Waals surface area contributed by atoms with E-state index in [9.17, 15) is 24.9 Å².